The van der Waals surface area contributed by atoms with Crippen LogP contribution in [0.2, 0.25) is 0 Å². The lowest BCUT2D eigenvalue weighted by Crippen LogP contribution is -2.28. The van der Waals surface area contributed by atoms with Crippen molar-refractivity contribution in [2.45, 2.75) is 11.3 Å². The molecule has 2 nitrogen and oxygen atoms in total. The van der Waals surface area contributed by atoms with Gasteiger partial charge in [0.25, 0.3) is 0 Å². The van der Waals surface area contributed by atoms with E-state index in [1.807, 2.05) is 52.8 Å². The zero-order chi connectivity index (χ0) is 12.6. The minimum Gasteiger partial charge on any atom is -0.295 e. The van der Waals surface area contributed by atoms with Gasteiger partial charge in [-0.1, -0.05) is 36.4 Å². The van der Waals surface area contributed by atoms with Crippen LogP contribution >= 0.6 is 0 Å². The van der Waals surface area contributed by atoms with Crippen molar-refractivity contribution in [3.63, 3.8) is 0 Å². The molecule has 3 rings (SSSR count). The van der Waals surface area contributed by atoms with Gasteiger partial charge in [0.1, 0.15) is 0 Å². The average molecular weight is 257 g/mol. The normalized spacial score (nSPS) is 17.2. The molecule has 1 unspecified atom stereocenters. The van der Waals surface area contributed by atoms with Crippen LogP contribution in [0.5, 0.6) is 0 Å². The summed E-state index contributed by atoms with van der Waals surface area (Å²) in [5, 5.41) is 0. The molecule has 0 spiro atoms. The molecule has 0 N–H and O–H groups in total. The van der Waals surface area contributed by atoms with Gasteiger partial charge in [-0.25, -0.2) is 4.21 Å². The second-order valence-electron chi connectivity index (χ2n) is 4.43. The molecule has 2 aromatic rings. The Morgan fingerprint density at radius 1 is 1.00 bits per heavy atom. The van der Waals surface area contributed by atoms with Gasteiger partial charge in [0.15, 0.2) is 0 Å². The molecule has 2 aromatic carbocycles. The monoisotopic (exact) mass is 257 g/mol. The van der Waals surface area contributed by atoms with Gasteiger partial charge in [0, 0.05) is 11.4 Å². The molecule has 18 heavy (non-hydrogen) atoms. The summed E-state index contributed by atoms with van der Waals surface area (Å²) in [6, 6.07) is 17.6. The predicted octanol–water partition coefficient (Wildman–Crippen LogP) is 2.74. The van der Waals surface area contributed by atoms with E-state index >= 15 is 0 Å². The van der Waals surface area contributed by atoms with Gasteiger partial charge in [-0.15, -0.1) is 0 Å². The summed E-state index contributed by atoms with van der Waals surface area (Å²) in [5.41, 5.74) is 2.31. The van der Waals surface area contributed by atoms with Gasteiger partial charge in [-0.2, -0.15) is 0 Å². The van der Waals surface area contributed by atoms with Crippen LogP contribution in [-0.4, -0.2) is 16.6 Å². The van der Waals surface area contributed by atoms with Crippen molar-refractivity contribution < 1.29 is 4.21 Å². The fraction of sp³-hybridized carbons (Fsp3) is 0.133. The van der Waals surface area contributed by atoms with Crippen molar-refractivity contribution in [3.05, 3.63) is 60.2 Å². The zero-order valence-electron chi connectivity index (χ0n) is 10.1. The third-order valence-corrected chi connectivity index (χ3v) is 5.41. The first-order chi connectivity index (χ1) is 8.69. The Morgan fingerprint density at radius 3 is 2.44 bits per heavy atom. The number of para-hydroxylation sites is 1. The third kappa shape index (κ3) is 1.71. The van der Waals surface area contributed by atoms with Crippen LogP contribution in [0.1, 0.15) is 5.56 Å². The highest BCUT2D eigenvalue weighted by Crippen LogP contribution is 2.32. The summed E-state index contributed by atoms with van der Waals surface area (Å²) in [5.74, 6) is 3.97. The Morgan fingerprint density at radius 2 is 1.67 bits per heavy atom. The molecule has 0 bridgehead atoms. The predicted molar refractivity (Wildman–Crippen MR) is 77.5 cm³/mol. The Kier molecular flexibility index (Phi) is 2.63. The smallest absolute Gasteiger partial charge is 0.0763 e. The highest BCUT2D eigenvalue weighted by Gasteiger charge is 2.25. The number of benzene rings is 2. The van der Waals surface area contributed by atoms with Gasteiger partial charge < -0.3 is 0 Å². The van der Waals surface area contributed by atoms with Crippen LogP contribution in [0.4, 0.5) is 5.69 Å². The van der Waals surface area contributed by atoms with Crippen LogP contribution < -0.4 is 4.31 Å². The number of nitrogens with zero attached hydrogens (tertiary/aromatic N) is 1. The van der Waals surface area contributed by atoms with Crippen LogP contribution in [-0.2, 0) is 16.1 Å². The van der Waals surface area contributed by atoms with E-state index in [2.05, 4.69) is 11.9 Å². The summed E-state index contributed by atoms with van der Waals surface area (Å²) >= 11 is 0. The standard InChI is InChI=1S/C15H15NOS/c1-18(17,14-8-3-2-4-9-14)16-12-11-13-7-5-6-10-15(13)16/h2-10H,1,11-12H2. The van der Waals surface area contributed by atoms with Crippen molar-refractivity contribution in [2.75, 3.05) is 10.8 Å². The summed E-state index contributed by atoms with van der Waals surface area (Å²) in [4.78, 5) is 0.793. The summed E-state index contributed by atoms with van der Waals surface area (Å²) in [6.07, 6.45) is 0.940. The largest absolute Gasteiger partial charge is 0.295 e. The topological polar surface area (TPSA) is 20.3 Å². The molecule has 0 aromatic heterocycles. The molecule has 0 saturated heterocycles. The first kappa shape index (κ1) is 11.4. The average Bonchev–Trinajstić information content (AvgIpc) is 2.84. The number of fused-ring (bicyclic) bond motifs is 1. The first-order valence-corrected chi connectivity index (χ1v) is 7.66. The van der Waals surface area contributed by atoms with E-state index in [4.69, 9.17) is 0 Å². The molecule has 1 heterocycles. The van der Waals surface area contributed by atoms with E-state index in [9.17, 15) is 4.21 Å². The Hall–Kier alpha value is -1.74. The fourth-order valence-corrected chi connectivity index (χ4v) is 4.09. The quantitative estimate of drug-likeness (QED) is 0.758. The second-order valence-corrected chi connectivity index (χ2v) is 6.63. The van der Waals surface area contributed by atoms with Gasteiger partial charge in [0.05, 0.1) is 15.4 Å². The highest BCUT2D eigenvalue weighted by atomic mass is 32.2. The van der Waals surface area contributed by atoms with Crippen molar-refractivity contribution in [3.8, 4) is 0 Å². The molecule has 0 amide bonds. The van der Waals surface area contributed by atoms with Crippen LogP contribution in [0.3, 0.4) is 0 Å². The molecule has 0 radical (unpaired) electrons. The van der Waals surface area contributed by atoms with Crippen LogP contribution in [0.15, 0.2) is 59.5 Å². The maximum Gasteiger partial charge on any atom is 0.0763 e. The maximum atomic E-state index is 13.0. The maximum absolute atomic E-state index is 13.0. The van der Waals surface area contributed by atoms with Gasteiger partial charge in [0.2, 0.25) is 0 Å². The van der Waals surface area contributed by atoms with Crippen LogP contribution in [0.25, 0.3) is 0 Å². The molecule has 3 heteroatoms. The molecule has 1 atom stereocenters. The van der Waals surface area contributed by atoms with Gasteiger partial charge >= 0.3 is 0 Å². The summed E-state index contributed by atoms with van der Waals surface area (Å²) in [7, 11) is -2.42. The molecular weight excluding hydrogens is 242 g/mol. The summed E-state index contributed by atoms with van der Waals surface area (Å²) in [6.45, 7) is 0.774. The van der Waals surface area contributed by atoms with Crippen molar-refractivity contribution in [1.82, 2.24) is 0 Å². The molecule has 1 aliphatic heterocycles. The van der Waals surface area contributed by atoms with E-state index in [1.54, 1.807) is 0 Å². The number of hydrogen-bond acceptors (Lipinski definition) is 1. The molecule has 0 saturated carbocycles. The lowest BCUT2D eigenvalue weighted by molar-refractivity contribution is 0.678. The Balaban J connectivity index is 2.08. The van der Waals surface area contributed by atoms with E-state index < -0.39 is 9.71 Å². The van der Waals surface area contributed by atoms with E-state index in [-0.39, 0.29) is 0 Å². The second kappa shape index (κ2) is 4.18. The van der Waals surface area contributed by atoms with E-state index in [1.165, 1.54) is 5.56 Å². The minimum atomic E-state index is -2.42. The fourth-order valence-electron chi connectivity index (χ4n) is 2.37. The minimum absolute atomic E-state index is 0.774. The lowest BCUT2D eigenvalue weighted by atomic mass is 10.2. The highest BCUT2D eigenvalue weighted by molar-refractivity contribution is 8.01. The first-order valence-electron chi connectivity index (χ1n) is 5.97. The Bertz CT molecular complexity index is 662. The molecular formula is C15H15NOS. The molecule has 0 fully saturated rings. The van der Waals surface area contributed by atoms with Crippen LogP contribution in [0, 0.1) is 0 Å². The summed E-state index contributed by atoms with van der Waals surface area (Å²) < 4.78 is 14.9. The number of rotatable bonds is 2. The number of anilines is 1. The number of hydrogen-bond donors (Lipinski definition) is 0. The molecule has 0 aliphatic carbocycles. The van der Waals surface area contributed by atoms with Gasteiger partial charge in [-0.05, 0) is 36.1 Å². The third-order valence-electron chi connectivity index (χ3n) is 3.31. The Labute approximate surface area is 108 Å². The van der Waals surface area contributed by atoms with Gasteiger partial charge in [-0.3, -0.25) is 4.31 Å². The van der Waals surface area contributed by atoms with E-state index in [0.717, 1.165) is 23.5 Å². The van der Waals surface area contributed by atoms with Crippen molar-refractivity contribution in [2.24, 2.45) is 0 Å². The molecule has 1 aliphatic rings. The van der Waals surface area contributed by atoms with Crippen molar-refractivity contribution >= 4 is 21.3 Å². The SMILES string of the molecule is C=S(=O)(c1ccccc1)N1CCc2ccccc21. The lowest BCUT2D eigenvalue weighted by Gasteiger charge is -2.24. The molecule has 92 valence electrons. The zero-order valence-corrected chi connectivity index (χ0v) is 10.9. The van der Waals surface area contributed by atoms with Crippen molar-refractivity contribution in [1.29, 1.82) is 0 Å². The van der Waals surface area contributed by atoms with E-state index in [0.29, 0.717) is 0 Å².